The van der Waals surface area contributed by atoms with E-state index in [4.69, 9.17) is 4.74 Å². The summed E-state index contributed by atoms with van der Waals surface area (Å²) in [6, 6.07) is 3.25. The van der Waals surface area contributed by atoms with Gasteiger partial charge in [0.25, 0.3) is 5.91 Å². The Morgan fingerprint density at radius 1 is 1.36 bits per heavy atom. The number of halogens is 1. The second kappa shape index (κ2) is 9.33. The molecule has 0 aliphatic carbocycles. The van der Waals surface area contributed by atoms with Gasteiger partial charge < -0.3 is 15.4 Å². The van der Waals surface area contributed by atoms with Crippen molar-refractivity contribution in [3.63, 3.8) is 0 Å². The van der Waals surface area contributed by atoms with Gasteiger partial charge in [0.05, 0.1) is 10.8 Å². The van der Waals surface area contributed by atoms with Crippen molar-refractivity contribution in [3.8, 4) is 5.75 Å². The lowest BCUT2D eigenvalue weighted by atomic mass is 9.98. The minimum Gasteiger partial charge on any atom is -0.481 e. The maximum atomic E-state index is 14.2. The molecule has 10 heteroatoms. The van der Waals surface area contributed by atoms with E-state index in [-0.39, 0.29) is 42.3 Å². The summed E-state index contributed by atoms with van der Waals surface area (Å²) in [5, 5.41) is 5.14. The number of nitrogens with zero attached hydrogens (tertiary/aromatic N) is 1. The molecule has 1 fully saturated rings. The Labute approximate surface area is 164 Å². The summed E-state index contributed by atoms with van der Waals surface area (Å²) in [5.41, 5.74) is 0. The number of piperidine rings is 1. The minimum absolute atomic E-state index is 0.0316. The molecule has 156 valence electrons. The van der Waals surface area contributed by atoms with Crippen molar-refractivity contribution in [3.05, 3.63) is 24.0 Å². The summed E-state index contributed by atoms with van der Waals surface area (Å²) in [4.78, 5) is 23.2. The lowest BCUT2D eigenvalue weighted by Crippen LogP contribution is -2.46. The number of carbonyl (C=O) groups excluding carboxylic acids is 2. The fraction of sp³-hybridized carbons (Fsp3) is 0.556. The lowest BCUT2D eigenvalue weighted by molar-refractivity contribution is -0.126. The highest BCUT2D eigenvalue weighted by molar-refractivity contribution is 7.89. The van der Waals surface area contributed by atoms with Crippen LogP contribution in [0, 0.1) is 11.7 Å². The highest BCUT2D eigenvalue weighted by atomic mass is 32.2. The first-order chi connectivity index (χ1) is 13.1. The summed E-state index contributed by atoms with van der Waals surface area (Å²) in [6.45, 7) is 3.62. The number of hydrogen-bond acceptors (Lipinski definition) is 5. The number of sulfonamides is 1. The van der Waals surface area contributed by atoms with Gasteiger partial charge in [-0.25, -0.2) is 12.8 Å². The average Bonchev–Trinajstić information content (AvgIpc) is 2.66. The second-order valence-corrected chi connectivity index (χ2v) is 8.86. The predicted octanol–water partition coefficient (Wildman–Crippen LogP) is 0.876. The molecule has 2 N–H and O–H groups in total. The van der Waals surface area contributed by atoms with E-state index in [2.05, 4.69) is 10.6 Å². The molecular weight excluding hydrogens is 389 g/mol. The number of likely N-dealkylation sites (N-methyl/N-ethyl adjacent to an activating group) is 1. The molecule has 28 heavy (non-hydrogen) atoms. The first kappa shape index (κ1) is 22.1. The van der Waals surface area contributed by atoms with Gasteiger partial charge in [0, 0.05) is 26.2 Å². The van der Waals surface area contributed by atoms with Gasteiger partial charge in [-0.3, -0.25) is 9.59 Å². The largest absolute Gasteiger partial charge is 0.481 e. The Bertz CT molecular complexity index is 829. The SMILES string of the molecule is CNC(=O)COc1ccc(S(=O)(=O)N2CCC[C@@H](C(=O)NC(C)C)C2)cc1F. The molecular formula is C18H26FN3O5S. The van der Waals surface area contributed by atoms with Crippen LogP contribution >= 0.6 is 0 Å². The number of carbonyl (C=O) groups is 2. The molecule has 0 saturated carbocycles. The first-order valence-electron chi connectivity index (χ1n) is 9.08. The average molecular weight is 415 g/mol. The monoisotopic (exact) mass is 415 g/mol. The molecule has 0 bridgehead atoms. The van der Waals surface area contributed by atoms with Crippen LogP contribution in [0.4, 0.5) is 4.39 Å². The van der Waals surface area contributed by atoms with E-state index in [1.54, 1.807) is 0 Å². The third kappa shape index (κ3) is 5.41. The van der Waals surface area contributed by atoms with Crippen LogP contribution < -0.4 is 15.4 Å². The topological polar surface area (TPSA) is 105 Å². The van der Waals surface area contributed by atoms with E-state index in [9.17, 15) is 22.4 Å². The van der Waals surface area contributed by atoms with E-state index in [0.29, 0.717) is 12.8 Å². The van der Waals surface area contributed by atoms with Crippen LogP contribution in [0.3, 0.4) is 0 Å². The Hall–Kier alpha value is -2.20. The fourth-order valence-electron chi connectivity index (χ4n) is 2.90. The van der Waals surface area contributed by atoms with Crippen molar-refractivity contribution < 1.29 is 27.1 Å². The van der Waals surface area contributed by atoms with Gasteiger partial charge in [-0.15, -0.1) is 0 Å². The van der Waals surface area contributed by atoms with Crippen molar-refractivity contribution in [1.82, 2.24) is 14.9 Å². The standard InChI is InChI=1S/C18H26FN3O5S/c1-12(2)21-18(24)13-5-4-8-22(10-13)28(25,26)14-6-7-16(15(19)9-14)27-11-17(23)20-3/h6-7,9,12-13H,4-5,8,10-11H2,1-3H3,(H,20,23)(H,21,24)/t13-/m1/s1. The Morgan fingerprint density at radius 2 is 2.07 bits per heavy atom. The Balaban J connectivity index is 2.14. The number of ether oxygens (including phenoxy) is 1. The van der Waals surface area contributed by atoms with Crippen LogP contribution in [-0.2, 0) is 19.6 Å². The number of benzene rings is 1. The lowest BCUT2D eigenvalue weighted by Gasteiger charge is -2.31. The third-order valence-corrected chi connectivity index (χ3v) is 6.23. The maximum absolute atomic E-state index is 14.2. The van der Waals surface area contributed by atoms with E-state index in [1.165, 1.54) is 23.5 Å². The molecule has 2 amide bonds. The smallest absolute Gasteiger partial charge is 0.257 e. The zero-order valence-corrected chi connectivity index (χ0v) is 17.0. The molecule has 1 aliphatic heterocycles. The van der Waals surface area contributed by atoms with Crippen LogP contribution in [-0.4, -0.2) is 57.3 Å². The summed E-state index contributed by atoms with van der Waals surface area (Å²) in [6.07, 6.45) is 1.15. The van der Waals surface area contributed by atoms with Gasteiger partial charge in [0.15, 0.2) is 18.2 Å². The van der Waals surface area contributed by atoms with Crippen molar-refractivity contribution in [2.24, 2.45) is 5.92 Å². The molecule has 0 aromatic heterocycles. The molecule has 0 spiro atoms. The predicted molar refractivity (Wildman–Crippen MR) is 101 cm³/mol. The maximum Gasteiger partial charge on any atom is 0.257 e. The number of amides is 2. The van der Waals surface area contributed by atoms with E-state index >= 15 is 0 Å². The summed E-state index contributed by atoms with van der Waals surface area (Å²) >= 11 is 0. The van der Waals surface area contributed by atoms with Crippen molar-refractivity contribution in [2.75, 3.05) is 26.7 Å². The molecule has 1 aromatic carbocycles. The zero-order chi connectivity index (χ0) is 20.9. The summed E-state index contributed by atoms with van der Waals surface area (Å²) in [7, 11) is -2.53. The van der Waals surface area contributed by atoms with E-state index in [0.717, 1.165) is 6.07 Å². The first-order valence-corrected chi connectivity index (χ1v) is 10.5. The van der Waals surface area contributed by atoms with Crippen molar-refractivity contribution in [1.29, 1.82) is 0 Å². The highest BCUT2D eigenvalue weighted by Gasteiger charge is 2.33. The van der Waals surface area contributed by atoms with Gasteiger partial charge in [-0.2, -0.15) is 4.31 Å². The number of nitrogens with one attached hydrogen (secondary N) is 2. The molecule has 2 rings (SSSR count). The zero-order valence-electron chi connectivity index (χ0n) is 16.2. The van der Waals surface area contributed by atoms with Crippen LogP contribution in [0.5, 0.6) is 5.75 Å². The molecule has 1 aliphatic rings. The van der Waals surface area contributed by atoms with E-state index in [1.807, 2.05) is 13.8 Å². The molecule has 0 radical (unpaired) electrons. The van der Waals surface area contributed by atoms with Gasteiger partial charge in [-0.1, -0.05) is 0 Å². The van der Waals surface area contributed by atoms with Crippen LogP contribution in [0.15, 0.2) is 23.1 Å². The quantitative estimate of drug-likeness (QED) is 0.688. The van der Waals surface area contributed by atoms with Crippen molar-refractivity contribution in [2.45, 2.75) is 37.6 Å². The molecule has 1 atom stereocenters. The Kier molecular flexibility index (Phi) is 7.36. The van der Waals surface area contributed by atoms with Gasteiger partial charge >= 0.3 is 0 Å². The number of rotatable bonds is 7. The summed E-state index contributed by atoms with van der Waals surface area (Å²) in [5.74, 6) is -2.15. The van der Waals surface area contributed by atoms with Crippen molar-refractivity contribution >= 4 is 21.8 Å². The van der Waals surface area contributed by atoms with Crippen LogP contribution in [0.1, 0.15) is 26.7 Å². The molecule has 8 nitrogen and oxygen atoms in total. The Morgan fingerprint density at radius 3 is 2.68 bits per heavy atom. The fourth-order valence-corrected chi connectivity index (χ4v) is 4.44. The van der Waals surface area contributed by atoms with Crippen LogP contribution in [0.25, 0.3) is 0 Å². The normalized spacial score (nSPS) is 18.0. The second-order valence-electron chi connectivity index (χ2n) is 6.92. The molecule has 0 unspecified atom stereocenters. The molecule has 1 aromatic rings. The number of hydrogen-bond donors (Lipinski definition) is 2. The molecule has 1 saturated heterocycles. The van der Waals surface area contributed by atoms with Gasteiger partial charge in [-0.05, 0) is 44.9 Å². The summed E-state index contributed by atoms with van der Waals surface area (Å²) < 4.78 is 46.2. The minimum atomic E-state index is -3.95. The highest BCUT2D eigenvalue weighted by Crippen LogP contribution is 2.27. The van der Waals surface area contributed by atoms with Gasteiger partial charge in [0.1, 0.15) is 0 Å². The van der Waals surface area contributed by atoms with E-state index < -0.39 is 27.7 Å². The molecule has 1 heterocycles. The third-order valence-electron chi connectivity index (χ3n) is 4.36. The van der Waals surface area contributed by atoms with Gasteiger partial charge in [0.2, 0.25) is 15.9 Å². The van der Waals surface area contributed by atoms with Crippen LogP contribution in [0.2, 0.25) is 0 Å².